The summed E-state index contributed by atoms with van der Waals surface area (Å²) in [5.41, 5.74) is 0. The van der Waals surface area contributed by atoms with Crippen molar-refractivity contribution in [2.24, 2.45) is 0 Å². The standard InChI is InChI=1S/C4H4O5.Ca.4H2O/c5-3(6)1-2(9-1)4(7)8;;;;;/h1-2H,(H,5,6)(H,7,8);;4*1H2/q;+2;;;;/p-2/t1-,2+;;;;;. The molecular weight excluding hydrogens is 232 g/mol. The third-order valence-electron chi connectivity index (χ3n) is 0.956. The second-order valence-electron chi connectivity index (χ2n) is 1.62. The zero-order valence-electron chi connectivity index (χ0n) is 6.90. The molecule has 0 amide bonds. The van der Waals surface area contributed by atoms with Gasteiger partial charge >= 0.3 is 37.7 Å². The molecule has 8 N–H and O–H groups in total. The van der Waals surface area contributed by atoms with Crippen LogP contribution in [0, 0.1) is 0 Å². The summed E-state index contributed by atoms with van der Waals surface area (Å²) in [6.07, 6.45) is -2.59. The molecule has 14 heavy (non-hydrogen) atoms. The Morgan fingerprint density at radius 1 is 0.857 bits per heavy atom. The van der Waals surface area contributed by atoms with Gasteiger partial charge in [0.2, 0.25) is 0 Å². The number of carboxylic acid groups (broad SMARTS) is 2. The van der Waals surface area contributed by atoms with Gasteiger partial charge < -0.3 is 46.4 Å². The molecule has 1 rings (SSSR count). The van der Waals surface area contributed by atoms with E-state index in [2.05, 4.69) is 4.74 Å². The van der Waals surface area contributed by atoms with Gasteiger partial charge in [0.15, 0.2) is 0 Å². The van der Waals surface area contributed by atoms with Crippen molar-refractivity contribution in [1.82, 2.24) is 0 Å². The Kier molecular flexibility index (Phi) is 23.1. The SMILES string of the molecule is O.O.O.O.O=C([O-])[C@H]1O[C@H]1C(=O)[O-].[Ca+2]. The van der Waals surface area contributed by atoms with E-state index in [0.29, 0.717) is 0 Å². The van der Waals surface area contributed by atoms with E-state index in [0.717, 1.165) is 0 Å². The second-order valence-corrected chi connectivity index (χ2v) is 1.62. The largest absolute Gasteiger partial charge is 2.00 e. The fraction of sp³-hybridized carbons (Fsp3) is 0.500. The molecule has 0 saturated carbocycles. The summed E-state index contributed by atoms with van der Waals surface area (Å²) in [4.78, 5) is 19.5. The van der Waals surface area contributed by atoms with E-state index in [9.17, 15) is 19.8 Å². The zero-order valence-corrected chi connectivity index (χ0v) is 9.11. The summed E-state index contributed by atoms with van der Waals surface area (Å²) < 4.78 is 4.12. The Morgan fingerprint density at radius 2 is 1.07 bits per heavy atom. The number of carboxylic acids is 2. The molecule has 10 heteroatoms. The molecule has 0 aromatic rings. The van der Waals surface area contributed by atoms with E-state index >= 15 is 0 Å². The van der Waals surface area contributed by atoms with Gasteiger partial charge in [-0.3, -0.25) is 0 Å². The van der Waals surface area contributed by atoms with Crippen LogP contribution in [0.25, 0.3) is 0 Å². The number of epoxide rings is 1. The minimum Gasteiger partial charge on any atom is -0.547 e. The predicted molar refractivity (Wildman–Crippen MR) is 38.9 cm³/mol. The number of carbonyl (C=O) groups is 2. The minimum absolute atomic E-state index is 0. The normalized spacial score (nSPS) is 20.3. The molecular formula is C4H10CaO9. The molecule has 0 radical (unpaired) electrons. The zero-order chi connectivity index (χ0) is 7.02. The molecule has 82 valence electrons. The summed E-state index contributed by atoms with van der Waals surface area (Å²) in [6.45, 7) is 0. The van der Waals surface area contributed by atoms with Gasteiger partial charge in [-0.1, -0.05) is 0 Å². The van der Waals surface area contributed by atoms with E-state index in [4.69, 9.17) is 0 Å². The summed E-state index contributed by atoms with van der Waals surface area (Å²) in [6, 6.07) is 0. The molecule has 0 aromatic heterocycles. The van der Waals surface area contributed by atoms with Gasteiger partial charge in [-0.25, -0.2) is 0 Å². The van der Waals surface area contributed by atoms with Crippen molar-refractivity contribution in [2.75, 3.05) is 0 Å². The van der Waals surface area contributed by atoms with Crippen molar-refractivity contribution in [3.63, 3.8) is 0 Å². The van der Waals surface area contributed by atoms with E-state index < -0.39 is 24.1 Å². The first kappa shape index (κ1) is 29.2. The maximum absolute atomic E-state index is 9.75. The topological polar surface area (TPSA) is 219 Å². The van der Waals surface area contributed by atoms with Crippen molar-refractivity contribution in [2.45, 2.75) is 12.2 Å². The predicted octanol–water partition coefficient (Wildman–Crippen LogP) is -7.43. The summed E-state index contributed by atoms with van der Waals surface area (Å²) >= 11 is 0. The van der Waals surface area contributed by atoms with Gasteiger partial charge in [0.25, 0.3) is 0 Å². The van der Waals surface area contributed by atoms with Gasteiger partial charge in [0.05, 0.1) is 11.9 Å². The summed E-state index contributed by atoms with van der Waals surface area (Å²) in [7, 11) is 0. The number of rotatable bonds is 2. The molecule has 0 unspecified atom stereocenters. The Labute approximate surface area is 108 Å². The molecule has 1 heterocycles. The molecule has 1 aliphatic heterocycles. The number of aliphatic carboxylic acids is 2. The maximum Gasteiger partial charge on any atom is 2.00 e. The first-order chi connectivity index (χ1) is 4.13. The molecule has 2 atom stereocenters. The van der Waals surface area contributed by atoms with Crippen LogP contribution in [-0.4, -0.2) is 83.8 Å². The van der Waals surface area contributed by atoms with Crippen molar-refractivity contribution in [3.05, 3.63) is 0 Å². The van der Waals surface area contributed by atoms with Crippen molar-refractivity contribution >= 4 is 49.7 Å². The van der Waals surface area contributed by atoms with Crippen LogP contribution in [0.15, 0.2) is 0 Å². The van der Waals surface area contributed by atoms with E-state index in [1.54, 1.807) is 0 Å². The molecule has 1 fully saturated rings. The number of ether oxygens (including phenoxy) is 1. The van der Waals surface area contributed by atoms with E-state index in [1.807, 2.05) is 0 Å². The maximum atomic E-state index is 9.75. The molecule has 1 saturated heterocycles. The van der Waals surface area contributed by atoms with Gasteiger partial charge in [-0.15, -0.1) is 0 Å². The molecule has 1 aliphatic rings. The first-order valence-corrected chi connectivity index (χ1v) is 2.20. The van der Waals surface area contributed by atoms with Crippen LogP contribution in [0.2, 0.25) is 0 Å². The Hall–Kier alpha value is -0.000260. The minimum atomic E-state index is -1.51. The Bertz CT molecular complexity index is 152. The second kappa shape index (κ2) is 11.1. The summed E-state index contributed by atoms with van der Waals surface area (Å²) in [5, 5.41) is 19.5. The van der Waals surface area contributed by atoms with Gasteiger partial charge in [0, 0.05) is 0 Å². The van der Waals surface area contributed by atoms with Crippen LogP contribution < -0.4 is 10.2 Å². The van der Waals surface area contributed by atoms with Gasteiger partial charge in [-0.2, -0.15) is 0 Å². The first-order valence-electron chi connectivity index (χ1n) is 2.20. The van der Waals surface area contributed by atoms with Crippen molar-refractivity contribution in [1.29, 1.82) is 0 Å². The van der Waals surface area contributed by atoms with Crippen LogP contribution in [0.3, 0.4) is 0 Å². The third kappa shape index (κ3) is 7.41. The number of carbonyl (C=O) groups excluding carboxylic acids is 2. The molecule has 0 bridgehead atoms. The van der Waals surface area contributed by atoms with E-state index in [-0.39, 0.29) is 59.6 Å². The van der Waals surface area contributed by atoms with Crippen LogP contribution in [0.1, 0.15) is 0 Å². The molecule has 0 spiro atoms. The Balaban J connectivity index is -0.0000000540. The monoisotopic (exact) mass is 242 g/mol. The van der Waals surface area contributed by atoms with Crippen LogP contribution in [-0.2, 0) is 14.3 Å². The summed E-state index contributed by atoms with van der Waals surface area (Å²) in [5.74, 6) is -3.02. The smallest absolute Gasteiger partial charge is 0.547 e. The van der Waals surface area contributed by atoms with Gasteiger partial charge in [-0.05, 0) is 0 Å². The number of hydrogen-bond acceptors (Lipinski definition) is 5. The van der Waals surface area contributed by atoms with Gasteiger partial charge in [0.1, 0.15) is 12.2 Å². The fourth-order valence-corrected chi connectivity index (χ4v) is 0.471. The van der Waals surface area contributed by atoms with Crippen LogP contribution >= 0.6 is 0 Å². The number of hydrogen-bond donors (Lipinski definition) is 0. The third-order valence-corrected chi connectivity index (χ3v) is 0.956. The Morgan fingerprint density at radius 3 is 1.14 bits per heavy atom. The van der Waals surface area contributed by atoms with Crippen molar-refractivity contribution in [3.8, 4) is 0 Å². The van der Waals surface area contributed by atoms with Crippen molar-refractivity contribution < 1.29 is 46.4 Å². The molecule has 0 aliphatic carbocycles. The fourth-order valence-electron chi connectivity index (χ4n) is 0.471. The quantitative estimate of drug-likeness (QED) is 0.339. The average Bonchev–Trinajstić information content (AvgIpc) is 2.39. The molecule has 0 aromatic carbocycles. The van der Waals surface area contributed by atoms with Crippen LogP contribution in [0.5, 0.6) is 0 Å². The van der Waals surface area contributed by atoms with Crippen LogP contribution in [0.4, 0.5) is 0 Å². The molecule has 9 nitrogen and oxygen atoms in total. The van der Waals surface area contributed by atoms with E-state index in [1.165, 1.54) is 0 Å². The average molecular weight is 242 g/mol.